The molecule has 0 spiro atoms. The van der Waals surface area contributed by atoms with Crippen molar-refractivity contribution in [2.45, 2.75) is 81.4 Å². The molecule has 6 atom stereocenters. The number of unbranched alkanes of at least 4 members (excludes halogenated alkanes) is 2. The van der Waals surface area contributed by atoms with E-state index in [1.165, 1.54) is 17.0 Å². The fourth-order valence-electron chi connectivity index (χ4n) is 9.40. The van der Waals surface area contributed by atoms with Gasteiger partial charge in [0.1, 0.15) is 29.3 Å². The topological polar surface area (TPSA) is 140 Å². The van der Waals surface area contributed by atoms with Gasteiger partial charge in [-0.3, -0.25) is 4.98 Å². The van der Waals surface area contributed by atoms with Crippen LogP contribution in [0.5, 0.6) is 17.2 Å². The van der Waals surface area contributed by atoms with E-state index in [4.69, 9.17) is 19.0 Å². The number of likely N-dealkylation sites (N-methyl/N-ethyl adjacent to an activating group) is 1. The van der Waals surface area contributed by atoms with Gasteiger partial charge in [-0.15, -0.1) is 6.58 Å². The average Bonchev–Trinajstić information content (AvgIpc) is 3.22. The summed E-state index contributed by atoms with van der Waals surface area (Å²) in [4.78, 5) is 10.1. The van der Waals surface area contributed by atoms with E-state index < -0.39 is 27.8 Å². The number of aliphatic hydroxyl groups excluding tert-OH is 2. The summed E-state index contributed by atoms with van der Waals surface area (Å²) in [7, 11) is -1.15. The second-order valence-corrected chi connectivity index (χ2v) is 17.6. The minimum atomic E-state index is -4.22. The smallest absolute Gasteiger partial charge is 0.245 e. The van der Waals surface area contributed by atoms with Crippen LogP contribution in [0.25, 0.3) is 10.9 Å². The highest BCUT2D eigenvalue weighted by molar-refractivity contribution is 7.89. The van der Waals surface area contributed by atoms with E-state index in [1.807, 2.05) is 42.5 Å². The Hall–Kier alpha value is -4.59. The first-order chi connectivity index (χ1) is 28.1. The number of para-hydroxylation sites is 1. The maximum atomic E-state index is 15.0. The van der Waals surface area contributed by atoms with Gasteiger partial charge in [0.05, 0.1) is 29.8 Å². The van der Waals surface area contributed by atoms with E-state index in [0.29, 0.717) is 41.0 Å². The van der Waals surface area contributed by atoms with Gasteiger partial charge < -0.3 is 29.3 Å². The number of ether oxygens (including phenoxy) is 3. The monoisotopic (exact) mass is 809 g/mol. The number of aryl methyl sites for hydroxylation is 2. The number of aliphatic hydroxyl groups is 2. The van der Waals surface area contributed by atoms with Gasteiger partial charge in [0.15, 0.2) is 0 Å². The number of rotatable bonds is 17. The molecule has 0 saturated heterocycles. The summed E-state index contributed by atoms with van der Waals surface area (Å²) >= 11 is 0. The predicted octanol–water partition coefficient (Wildman–Crippen LogP) is 8.23. The molecule has 2 aliphatic carbocycles. The molecule has 0 bridgehead atoms. The number of benzene rings is 3. The van der Waals surface area contributed by atoms with Crippen LogP contribution in [0.15, 0.2) is 107 Å². The van der Waals surface area contributed by atoms with Crippen molar-refractivity contribution in [2.75, 3.05) is 34.0 Å². The largest absolute Gasteiger partial charge is 0.460 e. The second kappa shape index (κ2) is 17.7. The number of hydrogen-bond donors (Lipinski definition) is 2. The predicted molar refractivity (Wildman–Crippen MR) is 225 cm³/mol. The SMILES string of the molecule is C=CCO[C@@]12Oc3ccc(Oc4ccc(C)c(C)c4)cc3[C@H]3[C@H](CCCCO)[C@@H](CCCCO)C=C(C(=NOC)C[C@@H]1N(C)S(=O)(=O)c1cccc4cccnc14)[C@H]32. The lowest BCUT2D eigenvalue weighted by molar-refractivity contribution is -0.250. The van der Waals surface area contributed by atoms with Crippen molar-refractivity contribution in [1.82, 2.24) is 9.29 Å². The number of allylic oxidation sites excluding steroid dienone is 1. The van der Waals surface area contributed by atoms with E-state index in [0.717, 1.165) is 48.1 Å². The lowest BCUT2D eigenvalue weighted by atomic mass is 9.55. The molecule has 11 nitrogen and oxygen atoms in total. The Balaban J connectivity index is 1.44. The lowest BCUT2D eigenvalue weighted by Gasteiger charge is -2.59. The van der Waals surface area contributed by atoms with Crippen molar-refractivity contribution >= 4 is 26.6 Å². The summed E-state index contributed by atoms with van der Waals surface area (Å²) < 4.78 is 52.1. The highest BCUT2D eigenvalue weighted by Gasteiger charge is 2.65. The number of oxime groups is 1. The standard InChI is InChI=1S/C46H55N3O8S/c1-6-25-55-46-42(49(4)58(52,53)41-17-11-14-32-15-12-22-47-45(32)41)29-39(48-54-5)37-27-33(13-7-9-23-50)36(16-8-10-24-51)43(44(37)46)38-28-35(20-21-40(38)57-46)56-34-19-18-30(2)31(3)26-34/h6,11-12,14-15,17-22,26-28,33,36,42-44,50-51H,1,7-10,13,16,23-25,29H2,2-5H3/t33-,36+,42-,43+,44+,46+/m0/s1. The van der Waals surface area contributed by atoms with Crippen LogP contribution in [0.4, 0.5) is 0 Å². The molecule has 58 heavy (non-hydrogen) atoms. The Bertz CT molecular complexity index is 2290. The van der Waals surface area contributed by atoms with Gasteiger partial charge in [0.2, 0.25) is 15.8 Å². The number of aromatic nitrogens is 1. The average molecular weight is 810 g/mol. The Morgan fingerprint density at radius 3 is 2.47 bits per heavy atom. The molecule has 308 valence electrons. The van der Waals surface area contributed by atoms with E-state index in [2.05, 4.69) is 42.7 Å². The first-order valence-electron chi connectivity index (χ1n) is 20.3. The molecule has 1 aliphatic heterocycles. The van der Waals surface area contributed by atoms with Crippen LogP contribution in [-0.2, 0) is 19.6 Å². The summed E-state index contributed by atoms with van der Waals surface area (Å²) in [6.45, 7) is 8.38. The number of nitrogens with zero attached hydrogens (tertiary/aromatic N) is 3. The molecule has 12 heteroatoms. The molecule has 1 fully saturated rings. The van der Waals surface area contributed by atoms with Crippen LogP contribution in [0, 0.1) is 31.6 Å². The fourth-order valence-corrected chi connectivity index (χ4v) is 10.9. The van der Waals surface area contributed by atoms with E-state index in [1.54, 1.807) is 37.5 Å². The van der Waals surface area contributed by atoms with Crippen molar-refractivity contribution in [3.63, 3.8) is 0 Å². The first-order valence-corrected chi connectivity index (χ1v) is 21.7. The minimum Gasteiger partial charge on any atom is -0.460 e. The van der Waals surface area contributed by atoms with Gasteiger partial charge in [0.25, 0.3) is 0 Å². The van der Waals surface area contributed by atoms with Crippen molar-refractivity contribution in [3.8, 4) is 17.2 Å². The van der Waals surface area contributed by atoms with Crippen LogP contribution >= 0.6 is 0 Å². The summed E-state index contributed by atoms with van der Waals surface area (Å²) in [5, 5.41) is 25.0. The van der Waals surface area contributed by atoms with E-state index in [9.17, 15) is 10.2 Å². The highest BCUT2D eigenvalue weighted by Crippen LogP contribution is 2.62. The zero-order chi connectivity index (χ0) is 41.0. The molecule has 7 rings (SSSR count). The van der Waals surface area contributed by atoms with Gasteiger partial charge in [-0.05, 0) is 111 Å². The molecule has 3 aromatic carbocycles. The molecule has 0 radical (unpaired) electrons. The Morgan fingerprint density at radius 2 is 1.72 bits per heavy atom. The summed E-state index contributed by atoms with van der Waals surface area (Å²) in [6.07, 6.45) is 10.2. The van der Waals surface area contributed by atoms with Crippen molar-refractivity contribution in [1.29, 1.82) is 0 Å². The molecule has 1 aromatic heterocycles. The normalized spacial score (nSPS) is 24.5. The summed E-state index contributed by atoms with van der Waals surface area (Å²) in [5.41, 5.74) is 5.10. The summed E-state index contributed by atoms with van der Waals surface area (Å²) in [5.74, 6) is -0.297. The van der Waals surface area contributed by atoms with Crippen LogP contribution in [-0.4, -0.2) is 79.4 Å². The van der Waals surface area contributed by atoms with Crippen LogP contribution < -0.4 is 9.47 Å². The summed E-state index contributed by atoms with van der Waals surface area (Å²) in [6, 6.07) is 19.7. The maximum absolute atomic E-state index is 15.0. The van der Waals surface area contributed by atoms with Crippen LogP contribution in [0.1, 0.15) is 67.6 Å². The third-order valence-corrected chi connectivity index (χ3v) is 14.1. The van der Waals surface area contributed by atoms with Crippen molar-refractivity contribution in [3.05, 3.63) is 114 Å². The third kappa shape index (κ3) is 7.80. The number of hydrogen-bond acceptors (Lipinski definition) is 10. The zero-order valence-corrected chi connectivity index (χ0v) is 34.7. The van der Waals surface area contributed by atoms with Crippen LogP contribution in [0.2, 0.25) is 0 Å². The van der Waals surface area contributed by atoms with Gasteiger partial charge in [0, 0.05) is 49.7 Å². The molecule has 0 unspecified atom stereocenters. The number of pyridine rings is 1. The van der Waals surface area contributed by atoms with Gasteiger partial charge in [-0.25, -0.2) is 8.42 Å². The lowest BCUT2D eigenvalue weighted by Crippen LogP contribution is -2.69. The molecule has 2 heterocycles. The van der Waals surface area contributed by atoms with Crippen molar-refractivity contribution in [2.24, 2.45) is 22.9 Å². The third-order valence-electron chi connectivity index (χ3n) is 12.3. The van der Waals surface area contributed by atoms with Gasteiger partial charge >= 0.3 is 0 Å². The van der Waals surface area contributed by atoms with Crippen molar-refractivity contribution < 1.29 is 37.7 Å². The molecule has 1 saturated carbocycles. The molecular weight excluding hydrogens is 755 g/mol. The number of sulfonamides is 1. The van der Waals surface area contributed by atoms with Gasteiger partial charge in [-0.2, -0.15) is 4.31 Å². The highest BCUT2D eigenvalue weighted by atomic mass is 32.2. The van der Waals surface area contributed by atoms with E-state index >= 15 is 8.42 Å². The Kier molecular flexibility index (Phi) is 12.7. The molecule has 3 aliphatic rings. The molecule has 0 amide bonds. The van der Waals surface area contributed by atoms with E-state index in [-0.39, 0.29) is 48.9 Å². The second-order valence-electron chi connectivity index (χ2n) is 15.7. The quantitative estimate of drug-likeness (QED) is 0.0614. The zero-order valence-electron chi connectivity index (χ0n) is 33.8. The number of fused-ring (bicyclic) bond motifs is 3. The Morgan fingerprint density at radius 1 is 0.983 bits per heavy atom. The molecule has 2 N–H and O–H groups in total. The fraction of sp³-hybridized carbons (Fsp3) is 0.435. The minimum absolute atomic E-state index is 0.0249. The molecular formula is C46H55N3O8S. The first kappa shape index (κ1) is 41.6. The molecule has 4 aromatic rings. The maximum Gasteiger partial charge on any atom is 0.245 e. The Labute approximate surface area is 342 Å². The van der Waals surface area contributed by atoms with Gasteiger partial charge in [-0.1, -0.05) is 54.4 Å². The van der Waals surface area contributed by atoms with Crippen LogP contribution in [0.3, 0.4) is 0 Å².